The zero-order valence-corrected chi connectivity index (χ0v) is 13.4. The predicted molar refractivity (Wildman–Crippen MR) is 87.3 cm³/mol. The highest BCUT2D eigenvalue weighted by atomic mass is 32.1. The summed E-state index contributed by atoms with van der Waals surface area (Å²) in [5, 5.41) is 3.27. The molecule has 120 valence electrons. The highest BCUT2D eigenvalue weighted by molar-refractivity contribution is 7.16. The van der Waals surface area contributed by atoms with Gasteiger partial charge in [0, 0.05) is 16.9 Å². The number of anilines is 1. The first-order valence-electron chi connectivity index (χ1n) is 7.42. The molecule has 3 nitrogen and oxygen atoms in total. The Balaban J connectivity index is 1.73. The average molecular weight is 334 g/mol. The smallest absolute Gasteiger partial charge is 0.226 e. The van der Waals surface area contributed by atoms with Crippen molar-refractivity contribution in [2.24, 2.45) is 5.92 Å². The number of rotatable bonds is 4. The third-order valence-electron chi connectivity index (χ3n) is 3.80. The molecule has 23 heavy (non-hydrogen) atoms. The van der Waals surface area contributed by atoms with Crippen LogP contribution in [0.1, 0.15) is 24.1 Å². The molecule has 0 radical (unpaired) electrons. The first-order valence-corrected chi connectivity index (χ1v) is 8.24. The van der Waals surface area contributed by atoms with Crippen LogP contribution in [0.4, 0.5) is 13.9 Å². The molecule has 1 heterocycles. The number of allylic oxidation sites excluding steroid dienone is 2. The molecule has 6 heteroatoms. The number of hydrogen-bond acceptors (Lipinski definition) is 3. The predicted octanol–water partition coefficient (Wildman–Crippen LogP) is 4.69. The van der Waals surface area contributed by atoms with Crippen LogP contribution in [0.5, 0.6) is 0 Å². The molecule has 0 fully saturated rings. The van der Waals surface area contributed by atoms with Gasteiger partial charge in [0.1, 0.15) is 0 Å². The lowest BCUT2D eigenvalue weighted by atomic mass is 10.1. The fraction of sp³-hybridized carbons (Fsp3) is 0.294. The van der Waals surface area contributed by atoms with Crippen LogP contribution >= 0.6 is 11.3 Å². The van der Waals surface area contributed by atoms with E-state index in [2.05, 4.69) is 22.5 Å². The largest absolute Gasteiger partial charge is 0.302 e. The summed E-state index contributed by atoms with van der Waals surface area (Å²) in [6.45, 7) is 1.84. The van der Waals surface area contributed by atoms with Crippen LogP contribution in [0.25, 0.3) is 11.3 Å². The number of amides is 1. The van der Waals surface area contributed by atoms with Crippen molar-refractivity contribution in [1.82, 2.24) is 4.98 Å². The van der Waals surface area contributed by atoms with E-state index in [-0.39, 0.29) is 5.91 Å². The lowest BCUT2D eigenvalue weighted by Gasteiger charge is -2.06. The van der Waals surface area contributed by atoms with Gasteiger partial charge in [0.05, 0.1) is 5.69 Å². The SMILES string of the molecule is Cc1sc(NC(=O)C[C@@H]2C=CCC2)nc1-c1ccc(F)c(F)c1. The summed E-state index contributed by atoms with van der Waals surface area (Å²) in [4.78, 5) is 17.2. The van der Waals surface area contributed by atoms with E-state index in [9.17, 15) is 13.6 Å². The number of hydrogen-bond donors (Lipinski definition) is 1. The van der Waals surface area contributed by atoms with Gasteiger partial charge in [-0.2, -0.15) is 0 Å². The van der Waals surface area contributed by atoms with E-state index in [1.165, 1.54) is 17.4 Å². The Morgan fingerprint density at radius 1 is 1.39 bits per heavy atom. The first-order chi connectivity index (χ1) is 11.0. The van der Waals surface area contributed by atoms with E-state index in [0.717, 1.165) is 29.9 Å². The van der Waals surface area contributed by atoms with Gasteiger partial charge in [-0.25, -0.2) is 13.8 Å². The van der Waals surface area contributed by atoms with E-state index in [4.69, 9.17) is 0 Å². The summed E-state index contributed by atoms with van der Waals surface area (Å²) in [7, 11) is 0. The average Bonchev–Trinajstić information content (AvgIpc) is 3.12. The molecule has 1 aromatic heterocycles. The summed E-state index contributed by atoms with van der Waals surface area (Å²) in [5.74, 6) is -1.58. The van der Waals surface area contributed by atoms with Gasteiger partial charge in [-0.05, 0) is 43.9 Å². The number of halogens is 2. The summed E-state index contributed by atoms with van der Waals surface area (Å²) >= 11 is 1.33. The third kappa shape index (κ3) is 3.64. The Kier molecular flexibility index (Phi) is 4.52. The number of thiazole rings is 1. The highest BCUT2D eigenvalue weighted by Crippen LogP contribution is 2.31. The van der Waals surface area contributed by atoms with Crippen LogP contribution in [-0.4, -0.2) is 10.9 Å². The topological polar surface area (TPSA) is 42.0 Å². The molecule has 1 aromatic carbocycles. The van der Waals surface area contributed by atoms with Crippen LogP contribution in [0.3, 0.4) is 0 Å². The minimum absolute atomic E-state index is 0.0767. The van der Waals surface area contributed by atoms with E-state index < -0.39 is 11.6 Å². The van der Waals surface area contributed by atoms with Gasteiger partial charge in [0.2, 0.25) is 5.91 Å². The summed E-state index contributed by atoms with van der Waals surface area (Å²) < 4.78 is 26.4. The Morgan fingerprint density at radius 3 is 2.91 bits per heavy atom. The number of nitrogens with one attached hydrogen (secondary N) is 1. The standard InChI is InChI=1S/C17H16F2N2OS/c1-10-16(12-6-7-13(18)14(19)9-12)21-17(23-10)20-15(22)8-11-4-2-3-5-11/h2,4,6-7,9,11H,3,5,8H2,1H3,(H,20,21,22)/t11-/m1/s1. The maximum absolute atomic E-state index is 13.4. The van der Waals surface area contributed by atoms with Gasteiger partial charge in [-0.3, -0.25) is 4.79 Å². The quantitative estimate of drug-likeness (QED) is 0.824. The van der Waals surface area contributed by atoms with Gasteiger partial charge in [0.15, 0.2) is 16.8 Å². The number of aryl methyl sites for hydroxylation is 1. The normalized spacial score (nSPS) is 16.7. The van der Waals surface area contributed by atoms with Crippen LogP contribution in [0.15, 0.2) is 30.4 Å². The van der Waals surface area contributed by atoms with Crippen molar-refractivity contribution >= 4 is 22.4 Å². The minimum Gasteiger partial charge on any atom is -0.302 e. The summed E-state index contributed by atoms with van der Waals surface area (Å²) in [6.07, 6.45) is 6.63. The maximum Gasteiger partial charge on any atom is 0.226 e. The molecule has 1 amide bonds. The number of carbonyl (C=O) groups excluding carboxylic acids is 1. The highest BCUT2D eigenvalue weighted by Gasteiger charge is 2.17. The molecule has 0 bridgehead atoms. The van der Waals surface area contributed by atoms with Gasteiger partial charge in [0.25, 0.3) is 0 Å². The van der Waals surface area contributed by atoms with Crippen LogP contribution in [0, 0.1) is 24.5 Å². The maximum atomic E-state index is 13.4. The number of aromatic nitrogens is 1. The van der Waals surface area contributed by atoms with Gasteiger partial charge in [-0.15, -0.1) is 11.3 Å². The minimum atomic E-state index is -0.909. The summed E-state index contributed by atoms with van der Waals surface area (Å²) in [6, 6.07) is 3.68. The zero-order chi connectivity index (χ0) is 16.4. The van der Waals surface area contributed by atoms with E-state index in [1.54, 1.807) is 0 Å². The van der Waals surface area contributed by atoms with Crippen molar-refractivity contribution in [3.05, 3.63) is 46.9 Å². The molecule has 0 spiro atoms. The van der Waals surface area contributed by atoms with Crippen LogP contribution < -0.4 is 5.32 Å². The molecule has 1 aliphatic carbocycles. The molecule has 1 aliphatic rings. The molecule has 0 saturated heterocycles. The Bertz CT molecular complexity index is 770. The molecule has 0 unspecified atom stereocenters. The van der Waals surface area contributed by atoms with Gasteiger partial charge < -0.3 is 5.32 Å². The third-order valence-corrected chi connectivity index (χ3v) is 4.68. The fourth-order valence-corrected chi connectivity index (χ4v) is 3.49. The van der Waals surface area contributed by atoms with E-state index >= 15 is 0 Å². The van der Waals surface area contributed by atoms with Crippen molar-refractivity contribution in [3.8, 4) is 11.3 Å². The van der Waals surface area contributed by atoms with Crippen LogP contribution in [0.2, 0.25) is 0 Å². The second-order valence-electron chi connectivity index (χ2n) is 5.57. The molecule has 0 saturated carbocycles. The van der Waals surface area contributed by atoms with Crippen molar-refractivity contribution in [3.63, 3.8) is 0 Å². The lowest BCUT2D eigenvalue weighted by Crippen LogP contribution is -2.14. The second-order valence-corrected chi connectivity index (χ2v) is 6.77. The number of benzene rings is 1. The Labute approximate surface area is 137 Å². The van der Waals surface area contributed by atoms with Crippen LogP contribution in [-0.2, 0) is 4.79 Å². The lowest BCUT2D eigenvalue weighted by molar-refractivity contribution is -0.116. The molecule has 1 atom stereocenters. The monoisotopic (exact) mass is 334 g/mol. The van der Waals surface area contributed by atoms with E-state index in [1.807, 2.05) is 6.92 Å². The van der Waals surface area contributed by atoms with Crippen molar-refractivity contribution in [2.75, 3.05) is 5.32 Å². The Hall–Kier alpha value is -2.08. The number of nitrogens with zero attached hydrogens (tertiary/aromatic N) is 1. The molecular weight excluding hydrogens is 318 g/mol. The summed E-state index contributed by atoms with van der Waals surface area (Å²) in [5.41, 5.74) is 1.06. The van der Waals surface area contributed by atoms with Crippen molar-refractivity contribution in [1.29, 1.82) is 0 Å². The van der Waals surface area contributed by atoms with Gasteiger partial charge >= 0.3 is 0 Å². The Morgan fingerprint density at radius 2 is 2.22 bits per heavy atom. The molecule has 2 aromatic rings. The molecule has 3 rings (SSSR count). The molecular formula is C17H16F2N2OS. The second kappa shape index (κ2) is 6.58. The first kappa shape index (κ1) is 15.8. The van der Waals surface area contributed by atoms with Gasteiger partial charge in [-0.1, -0.05) is 12.2 Å². The van der Waals surface area contributed by atoms with E-state index in [0.29, 0.717) is 28.7 Å². The zero-order valence-electron chi connectivity index (χ0n) is 12.6. The molecule has 0 aliphatic heterocycles. The van der Waals surface area contributed by atoms with Crippen molar-refractivity contribution in [2.45, 2.75) is 26.2 Å². The van der Waals surface area contributed by atoms with Crippen molar-refractivity contribution < 1.29 is 13.6 Å². The number of carbonyl (C=O) groups is 1. The fourth-order valence-electron chi connectivity index (χ4n) is 2.63. The molecule has 1 N–H and O–H groups in total.